The maximum Gasteiger partial charge on any atom is 0.380 e. The van der Waals surface area contributed by atoms with E-state index in [0.717, 1.165) is 23.5 Å². The SMILES string of the molecule is CC(C)OC12SC(c3ccccc3)=CC1=C1C(=C3C=C(c4ccccc4)SC32OC(C)C)C(F)(F)C(F)(F)C1(F)F. The molecule has 1 fully saturated rings. The zero-order chi connectivity index (χ0) is 29.6. The second-order valence-electron chi connectivity index (χ2n) is 10.8. The first-order valence-electron chi connectivity index (χ1n) is 13.1. The molecule has 2 atom stereocenters. The summed E-state index contributed by atoms with van der Waals surface area (Å²) in [5.41, 5.74) is -2.42. The van der Waals surface area contributed by atoms with E-state index in [0.29, 0.717) is 20.9 Å². The summed E-state index contributed by atoms with van der Waals surface area (Å²) < 4.78 is 107. The first kappa shape index (κ1) is 28.7. The average Bonchev–Trinajstić information content (AvgIpc) is 3.50. The molecule has 0 radical (unpaired) electrons. The second-order valence-corrected chi connectivity index (χ2v) is 13.3. The van der Waals surface area contributed by atoms with Gasteiger partial charge in [0.1, 0.15) is 0 Å². The highest BCUT2D eigenvalue weighted by Crippen LogP contribution is 2.76. The first-order chi connectivity index (χ1) is 19.2. The Kier molecular flexibility index (Phi) is 6.51. The topological polar surface area (TPSA) is 18.5 Å². The van der Waals surface area contributed by atoms with E-state index in [2.05, 4.69) is 0 Å². The number of benzene rings is 2. The van der Waals surface area contributed by atoms with Crippen molar-refractivity contribution in [3.05, 3.63) is 106 Å². The first-order valence-corrected chi connectivity index (χ1v) is 14.7. The van der Waals surface area contributed by atoms with Crippen LogP contribution in [0.5, 0.6) is 0 Å². The van der Waals surface area contributed by atoms with Crippen LogP contribution in [0.2, 0.25) is 0 Å². The van der Waals surface area contributed by atoms with Crippen LogP contribution >= 0.6 is 23.5 Å². The van der Waals surface area contributed by atoms with Crippen molar-refractivity contribution in [2.24, 2.45) is 0 Å². The number of hydrogen-bond acceptors (Lipinski definition) is 4. The quantitative estimate of drug-likeness (QED) is 0.304. The van der Waals surface area contributed by atoms with Crippen molar-refractivity contribution in [3.8, 4) is 0 Å². The molecule has 216 valence electrons. The lowest BCUT2D eigenvalue weighted by Gasteiger charge is -2.51. The molecule has 4 aliphatic rings. The van der Waals surface area contributed by atoms with Crippen LogP contribution < -0.4 is 0 Å². The highest BCUT2D eigenvalue weighted by atomic mass is 32.2. The Labute approximate surface area is 242 Å². The summed E-state index contributed by atoms with van der Waals surface area (Å²) in [6.07, 6.45) is 1.36. The van der Waals surface area contributed by atoms with E-state index in [1.165, 1.54) is 12.2 Å². The van der Waals surface area contributed by atoms with Gasteiger partial charge in [-0.2, -0.15) is 26.3 Å². The van der Waals surface area contributed by atoms with Crippen LogP contribution in [0, 0.1) is 0 Å². The van der Waals surface area contributed by atoms with Crippen molar-refractivity contribution >= 4 is 33.3 Å². The minimum absolute atomic E-state index is 0.421. The molecule has 0 saturated heterocycles. The Hall–Kier alpha value is -2.40. The van der Waals surface area contributed by atoms with Crippen molar-refractivity contribution in [2.45, 2.75) is 67.5 Å². The molecular weight excluding hydrogens is 582 g/mol. The van der Waals surface area contributed by atoms with Crippen molar-refractivity contribution in [2.75, 3.05) is 0 Å². The van der Waals surface area contributed by atoms with Gasteiger partial charge in [-0.05, 0) is 51.0 Å². The van der Waals surface area contributed by atoms with Crippen molar-refractivity contribution in [3.63, 3.8) is 0 Å². The fourth-order valence-electron chi connectivity index (χ4n) is 5.81. The minimum atomic E-state index is -5.68. The summed E-state index contributed by atoms with van der Waals surface area (Å²) in [6, 6.07) is 17.5. The van der Waals surface area contributed by atoms with E-state index in [9.17, 15) is 0 Å². The van der Waals surface area contributed by atoms with E-state index in [4.69, 9.17) is 9.47 Å². The maximum atomic E-state index is 15.8. The number of fused-ring (bicyclic) bond motifs is 4. The van der Waals surface area contributed by atoms with Gasteiger partial charge in [-0.1, -0.05) is 84.2 Å². The van der Waals surface area contributed by atoms with Gasteiger partial charge in [0, 0.05) is 32.1 Å². The molecule has 6 rings (SSSR count). The Morgan fingerprint density at radius 3 is 1.22 bits per heavy atom. The van der Waals surface area contributed by atoms with Crippen LogP contribution in [-0.4, -0.2) is 39.8 Å². The number of allylic oxidation sites excluding steroid dienone is 2. The fourth-order valence-corrected chi connectivity index (χ4v) is 9.15. The Morgan fingerprint density at radius 2 is 0.902 bits per heavy atom. The number of halogens is 6. The van der Waals surface area contributed by atoms with Crippen LogP contribution in [0.4, 0.5) is 26.3 Å². The molecule has 0 N–H and O–H groups in total. The summed E-state index contributed by atoms with van der Waals surface area (Å²) in [6.45, 7) is 6.73. The van der Waals surface area contributed by atoms with E-state index in [1.54, 1.807) is 88.4 Å². The monoisotopic (exact) mass is 608 g/mol. The maximum absolute atomic E-state index is 15.8. The van der Waals surface area contributed by atoms with Gasteiger partial charge in [-0.25, -0.2) is 0 Å². The zero-order valence-corrected chi connectivity index (χ0v) is 24.1. The number of thioether (sulfide) groups is 2. The molecule has 2 aromatic carbocycles. The summed E-state index contributed by atoms with van der Waals surface area (Å²) in [4.78, 5) is -2.96. The van der Waals surface area contributed by atoms with Gasteiger partial charge in [-0.3, -0.25) is 0 Å². The second kappa shape index (κ2) is 9.30. The van der Waals surface area contributed by atoms with Gasteiger partial charge < -0.3 is 9.47 Å². The van der Waals surface area contributed by atoms with E-state index < -0.39 is 62.1 Å². The van der Waals surface area contributed by atoms with Gasteiger partial charge in [0.05, 0.1) is 12.2 Å². The van der Waals surface area contributed by atoms with E-state index in [1.807, 2.05) is 0 Å². The normalized spacial score (nSPS) is 29.1. The predicted octanol–water partition coefficient (Wildman–Crippen LogP) is 9.33. The van der Waals surface area contributed by atoms with E-state index >= 15 is 26.3 Å². The molecule has 2 unspecified atom stereocenters. The standard InChI is InChI=1S/C31H26F6O2S2/c1-17(2)38-29-21(15-23(40-29)19-11-7-5-8-12-19)25-26(28(34,35)31(36,37)27(25,32)33)22-16-24(20-13-9-6-10-14-20)41-30(22,29)39-18(3)4/h5-18H,1-4H3. The molecular formula is C31H26F6O2S2. The lowest BCUT2D eigenvalue weighted by atomic mass is 9.79. The number of hydrogen-bond donors (Lipinski definition) is 0. The summed E-state index contributed by atoms with van der Waals surface area (Å²) in [5.74, 6) is -16.0. The van der Waals surface area contributed by atoms with Crippen LogP contribution in [0.25, 0.3) is 9.81 Å². The van der Waals surface area contributed by atoms with Gasteiger partial charge in [0.15, 0.2) is 9.87 Å². The van der Waals surface area contributed by atoms with Crippen LogP contribution in [0.1, 0.15) is 38.8 Å². The Morgan fingerprint density at radius 1 is 0.561 bits per heavy atom. The third-order valence-electron chi connectivity index (χ3n) is 7.33. The van der Waals surface area contributed by atoms with Crippen molar-refractivity contribution in [1.29, 1.82) is 0 Å². The predicted molar refractivity (Wildman–Crippen MR) is 151 cm³/mol. The molecule has 0 bridgehead atoms. The molecule has 0 amide bonds. The number of rotatable bonds is 6. The fraction of sp³-hybridized carbons (Fsp3) is 0.355. The molecule has 10 heteroatoms. The highest BCUT2D eigenvalue weighted by Gasteiger charge is 2.85. The molecule has 0 aromatic heterocycles. The van der Waals surface area contributed by atoms with Gasteiger partial charge in [-0.15, -0.1) is 0 Å². The van der Waals surface area contributed by atoms with Gasteiger partial charge >= 0.3 is 17.8 Å². The molecule has 2 nitrogen and oxygen atoms in total. The van der Waals surface area contributed by atoms with Crippen LogP contribution in [0.3, 0.4) is 0 Å². The van der Waals surface area contributed by atoms with Gasteiger partial charge in [0.2, 0.25) is 0 Å². The largest absolute Gasteiger partial charge is 0.380 e. The lowest BCUT2D eigenvalue weighted by Crippen LogP contribution is -2.58. The minimum Gasteiger partial charge on any atom is -0.353 e. The summed E-state index contributed by atoms with van der Waals surface area (Å²) >= 11 is 2.06. The van der Waals surface area contributed by atoms with Gasteiger partial charge in [0.25, 0.3) is 0 Å². The molecule has 2 aromatic rings. The summed E-state index contributed by atoms with van der Waals surface area (Å²) in [5, 5.41) is 0. The smallest absolute Gasteiger partial charge is 0.353 e. The molecule has 2 aliphatic carbocycles. The average molecular weight is 609 g/mol. The lowest BCUT2D eigenvalue weighted by molar-refractivity contribution is -0.258. The van der Waals surface area contributed by atoms with Crippen LogP contribution in [0.15, 0.2) is 95.1 Å². The number of ether oxygens (including phenoxy) is 2. The molecule has 1 saturated carbocycles. The molecule has 2 heterocycles. The third kappa shape index (κ3) is 3.76. The van der Waals surface area contributed by atoms with Crippen molar-refractivity contribution in [1.82, 2.24) is 0 Å². The van der Waals surface area contributed by atoms with Crippen LogP contribution in [-0.2, 0) is 9.47 Å². The number of alkyl halides is 6. The van der Waals surface area contributed by atoms with Crippen molar-refractivity contribution < 1.29 is 35.8 Å². The summed E-state index contributed by atoms with van der Waals surface area (Å²) in [7, 11) is 0. The molecule has 41 heavy (non-hydrogen) atoms. The zero-order valence-electron chi connectivity index (χ0n) is 22.5. The van der Waals surface area contributed by atoms with E-state index in [-0.39, 0.29) is 0 Å². The Balaban J connectivity index is 1.76. The third-order valence-corrected chi connectivity index (χ3v) is 10.4. The highest BCUT2D eigenvalue weighted by molar-refractivity contribution is 8.14. The molecule has 0 spiro atoms. The Bertz CT molecular complexity index is 1410. The molecule has 2 aliphatic heterocycles.